The Morgan fingerprint density at radius 1 is 1.53 bits per heavy atom. The predicted octanol–water partition coefficient (Wildman–Crippen LogP) is 0.660. The van der Waals surface area contributed by atoms with Crippen LogP contribution < -0.4 is 5.32 Å². The normalized spacial score (nSPS) is 16.2. The number of anilines is 1. The van der Waals surface area contributed by atoms with Gasteiger partial charge in [-0.2, -0.15) is 0 Å². The molecular weight excluding hydrogens is 228 g/mol. The molecule has 1 aromatic heterocycles. The Bertz CT molecular complexity index is 443. The van der Waals surface area contributed by atoms with E-state index >= 15 is 0 Å². The molecule has 1 aliphatic rings. The zero-order valence-electron chi connectivity index (χ0n) is 8.74. The van der Waals surface area contributed by atoms with E-state index in [2.05, 4.69) is 15.3 Å². The summed E-state index contributed by atoms with van der Waals surface area (Å²) in [5.74, 6) is -0.782. The molecule has 0 amide bonds. The summed E-state index contributed by atoms with van der Waals surface area (Å²) in [5.41, 5.74) is -0.228. The van der Waals surface area contributed by atoms with Crippen LogP contribution in [-0.2, 0) is 4.79 Å². The number of rotatable bonds is 5. The van der Waals surface area contributed by atoms with E-state index in [-0.39, 0.29) is 17.6 Å². The van der Waals surface area contributed by atoms with Crippen molar-refractivity contribution < 1.29 is 14.8 Å². The monoisotopic (exact) mass is 238 g/mol. The average Bonchev–Trinajstić information content (AvgIpc) is 3.10. The molecule has 1 heterocycles. The van der Waals surface area contributed by atoms with Crippen molar-refractivity contribution in [2.45, 2.75) is 18.9 Å². The lowest BCUT2D eigenvalue weighted by Gasteiger charge is -2.12. The Kier molecular flexibility index (Phi) is 2.86. The van der Waals surface area contributed by atoms with Gasteiger partial charge in [-0.25, -0.2) is 14.8 Å². The van der Waals surface area contributed by atoms with E-state index in [1.807, 2.05) is 0 Å². The van der Waals surface area contributed by atoms with Crippen molar-refractivity contribution >= 4 is 17.6 Å². The van der Waals surface area contributed by atoms with Crippen molar-refractivity contribution in [1.82, 2.24) is 9.97 Å². The molecule has 0 aromatic carbocycles. The molecule has 1 unspecified atom stereocenters. The van der Waals surface area contributed by atoms with E-state index in [0.29, 0.717) is 0 Å². The van der Waals surface area contributed by atoms with Crippen LogP contribution in [0.2, 0.25) is 0 Å². The number of carbonyl (C=O) groups is 1. The fraction of sp³-hybridized carbons (Fsp3) is 0.444. The molecule has 1 fully saturated rings. The van der Waals surface area contributed by atoms with Gasteiger partial charge in [0.1, 0.15) is 18.4 Å². The van der Waals surface area contributed by atoms with Crippen molar-refractivity contribution in [2.75, 3.05) is 5.32 Å². The van der Waals surface area contributed by atoms with E-state index in [9.17, 15) is 14.9 Å². The molecule has 8 heteroatoms. The average molecular weight is 238 g/mol. The van der Waals surface area contributed by atoms with Gasteiger partial charge in [-0.3, -0.25) is 10.1 Å². The topological polar surface area (TPSA) is 118 Å². The van der Waals surface area contributed by atoms with Crippen molar-refractivity contribution in [2.24, 2.45) is 5.92 Å². The number of carboxylic acids is 1. The third-order valence-electron chi connectivity index (χ3n) is 2.49. The first kappa shape index (κ1) is 11.2. The number of nitrogens with one attached hydrogen (secondary N) is 1. The number of hydrogen-bond acceptors (Lipinski definition) is 6. The number of aromatic nitrogens is 2. The summed E-state index contributed by atoms with van der Waals surface area (Å²) in [6.07, 6.45) is 3.80. The van der Waals surface area contributed by atoms with Gasteiger partial charge < -0.3 is 10.4 Å². The van der Waals surface area contributed by atoms with Gasteiger partial charge in [0.15, 0.2) is 0 Å². The number of hydrogen-bond donors (Lipinski definition) is 2. The molecule has 8 nitrogen and oxygen atoms in total. The minimum atomic E-state index is -0.963. The van der Waals surface area contributed by atoms with E-state index in [0.717, 1.165) is 25.2 Å². The summed E-state index contributed by atoms with van der Waals surface area (Å²) in [5, 5.41) is 22.0. The molecule has 2 N–H and O–H groups in total. The molecule has 0 bridgehead atoms. The van der Waals surface area contributed by atoms with Crippen LogP contribution in [0, 0.1) is 16.0 Å². The van der Waals surface area contributed by atoms with Gasteiger partial charge in [-0.05, 0) is 18.8 Å². The highest BCUT2D eigenvalue weighted by molar-refractivity contribution is 5.77. The van der Waals surface area contributed by atoms with Gasteiger partial charge in [-0.15, -0.1) is 0 Å². The number of nitrogens with zero attached hydrogens (tertiary/aromatic N) is 3. The van der Waals surface area contributed by atoms with Crippen molar-refractivity contribution in [3.63, 3.8) is 0 Å². The zero-order valence-corrected chi connectivity index (χ0v) is 8.74. The molecule has 1 aliphatic carbocycles. The van der Waals surface area contributed by atoms with Crippen LogP contribution in [0.5, 0.6) is 0 Å². The molecule has 0 saturated heterocycles. The summed E-state index contributed by atoms with van der Waals surface area (Å²) >= 11 is 0. The molecule has 2 rings (SSSR count). The maximum Gasteiger partial charge on any atom is 0.326 e. The lowest BCUT2D eigenvalue weighted by atomic mass is 10.2. The second-order valence-electron chi connectivity index (χ2n) is 3.82. The molecular formula is C9H10N4O4. The van der Waals surface area contributed by atoms with Crippen LogP contribution in [-0.4, -0.2) is 32.0 Å². The molecule has 0 spiro atoms. The summed E-state index contributed by atoms with van der Waals surface area (Å²) < 4.78 is 0. The Morgan fingerprint density at radius 3 is 2.53 bits per heavy atom. The molecule has 0 aliphatic heterocycles. The molecule has 1 atom stereocenters. The van der Waals surface area contributed by atoms with Crippen molar-refractivity contribution in [3.8, 4) is 0 Å². The van der Waals surface area contributed by atoms with Gasteiger partial charge >= 0.3 is 11.7 Å². The standard InChI is InChI=1S/C9H10N4O4/c14-8(15)7(5-1-2-5)12-9-10-3-6(4-11-9)13(16)17/h3-5,7H,1-2H2,(H,14,15)(H,10,11,12). The van der Waals surface area contributed by atoms with Gasteiger partial charge in [0, 0.05) is 0 Å². The van der Waals surface area contributed by atoms with E-state index < -0.39 is 16.9 Å². The Morgan fingerprint density at radius 2 is 2.12 bits per heavy atom. The molecule has 17 heavy (non-hydrogen) atoms. The smallest absolute Gasteiger partial charge is 0.326 e. The van der Waals surface area contributed by atoms with Gasteiger partial charge in [0.2, 0.25) is 5.95 Å². The van der Waals surface area contributed by atoms with Gasteiger partial charge in [0.25, 0.3) is 0 Å². The summed E-state index contributed by atoms with van der Waals surface area (Å²) in [6.45, 7) is 0. The van der Waals surface area contributed by atoms with Crippen molar-refractivity contribution in [3.05, 3.63) is 22.5 Å². The highest BCUT2D eigenvalue weighted by atomic mass is 16.6. The van der Waals surface area contributed by atoms with E-state index in [4.69, 9.17) is 5.11 Å². The van der Waals surface area contributed by atoms with Crippen molar-refractivity contribution in [1.29, 1.82) is 0 Å². The highest BCUT2D eigenvalue weighted by Crippen LogP contribution is 2.33. The second-order valence-corrected chi connectivity index (χ2v) is 3.82. The summed E-state index contributed by atoms with van der Waals surface area (Å²) in [6, 6.07) is -0.726. The van der Waals surface area contributed by atoms with Crippen LogP contribution in [0.25, 0.3) is 0 Å². The first-order chi connectivity index (χ1) is 8.08. The van der Waals surface area contributed by atoms with Crippen LogP contribution in [0.15, 0.2) is 12.4 Å². The minimum absolute atomic E-state index is 0.0892. The number of nitro groups is 1. The number of aliphatic carboxylic acids is 1. The molecule has 0 radical (unpaired) electrons. The lowest BCUT2D eigenvalue weighted by Crippen LogP contribution is -2.32. The zero-order chi connectivity index (χ0) is 12.4. The summed E-state index contributed by atoms with van der Waals surface area (Å²) in [7, 11) is 0. The van der Waals surface area contributed by atoms with E-state index in [1.165, 1.54) is 0 Å². The molecule has 90 valence electrons. The quantitative estimate of drug-likeness (QED) is 0.571. The first-order valence-electron chi connectivity index (χ1n) is 5.03. The van der Waals surface area contributed by atoms with Crippen LogP contribution in [0.4, 0.5) is 11.6 Å². The Balaban J connectivity index is 2.07. The Labute approximate surface area is 95.8 Å². The van der Waals surface area contributed by atoms with Gasteiger partial charge in [0.05, 0.1) is 4.92 Å². The number of carboxylic acid groups (broad SMARTS) is 1. The molecule has 1 aromatic rings. The van der Waals surface area contributed by atoms with Crippen LogP contribution in [0.1, 0.15) is 12.8 Å². The van der Waals surface area contributed by atoms with Gasteiger partial charge in [-0.1, -0.05) is 0 Å². The summed E-state index contributed by atoms with van der Waals surface area (Å²) in [4.78, 5) is 28.1. The van der Waals surface area contributed by atoms with Crippen LogP contribution >= 0.6 is 0 Å². The lowest BCUT2D eigenvalue weighted by molar-refractivity contribution is -0.385. The maximum atomic E-state index is 10.9. The minimum Gasteiger partial charge on any atom is -0.480 e. The third kappa shape index (κ3) is 2.65. The van der Waals surface area contributed by atoms with E-state index in [1.54, 1.807) is 0 Å². The second kappa shape index (κ2) is 4.32. The Hall–Kier alpha value is -2.25. The molecule has 1 saturated carbocycles. The largest absolute Gasteiger partial charge is 0.480 e. The first-order valence-corrected chi connectivity index (χ1v) is 5.03. The SMILES string of the molecule is O=C(O)C(Nc1ncc([N+](=O)[O-])cn1)C1CC1. The fourth-order valence-corrected chi connectivity index (χ4v) is 1.44. The van der Waals surface area contributed by atoms with Crippen LogP contribution in [0.3, 0.4) is 0 Å². The third-order valence-corrected chi connectivity index (χ3v) is 2.49. The predicted molar refractivity (Wildman–Crippen MR) is 56.5 cm³/mol. The highest BCUT2D eigenvalue weighted by Gasteiger charge is 2.36. The fourth-order valence-electron chi connectivity index (χ4n) is 1.44. The maximum absolute atomic E-state index is 10.9.